The first-order valence-corrected chi connectivity index (χ1v) is 7.38. The normalized spacial score (nSPS) is 17.8. The zero-order valence-electron chi connectivity index (χ0n) is 9.25. The third kappa shape index (κ3) is 3.18. The van der Waals surface area contributed by atoms with Crippen LogP contribution >= 0.6 is 0 Å². The summed E-state index contributed by atoms with van der Waals surface area (Å²) in [6.07, 6.45) is 1.43. The van der Waals surface area contributed by atoms with E-state index < -0.39 is 8.77 Å². The Morgan fingerprint density at radius 3 is 2.71 bits per heavy atom. The van der Waals surface area contributed by atoms with Crippen LogP contribution in [0.5, 0.6) is 0 Å². The fourth-order valence-electron chi connectivity index (χ4n) is 1.26. The summed E-state index contributed by atoms with van der Waals surface area (Å²) < 4.78 is 27.2. The predicted molar refractivity (Wildman–Crippen MR) is 66.0 cm³/mol. The lowest BCUT2D eigenvalue weighted by molar-refractivity contribution is 0.0722. The topological polar surface area (TPSA) is 44.8 Å². The average molecular weight is 272 g/mol. The smallest absolute Gasteiger partial charge is 0.229 e. The molecule has 1 aliphatic rings. The number of rotatable bonds is 4. The Balaban J connectivity index is 2.05. The van der Waals surface area contributed by atoms with Crippen LogP contribution in [-0.4, -0.2) is 17.6 Å². The maximum Gasteiger partial charge on any atom is 0.229 e. The molecule has 1 heterocycles. The van der Waals surface area contributed by atoms with Gasteiger partial charge in [-0.1, -0.05) is 17.7 Å². The van der Waals surface area contributed by atoms with Crippen molar-refractivity contribution in [1.82, 2.24) is 0 Å². The van der Waals surface area contributed by atoms with E-state index in [1.54, 1.807) is 12.1 Å². The zero-order valence-corrected chi connectivity index (χ0v) is 10.9. The van der Waals surface area contributed by atoms with Gasteiger partial charge in [-0.15, -0.1) is 0 Å². The summed E-state index contributed by atoms with van der Waals surface area (Å²) in [5, 5.41) is 0. The van der Waals surface area contributed by atoms with Gasteiger partial charge in [0.2, 0.25) is 6.79 Å². The zero-order chi connectivity index (χ0) is 12.3. The van der Waals surface area contributed by atoms with Crippen molar-refractivity contribution in [2.45, 2.75) is 11.8 Å². The summed E-state index contributed by atoms with van der Waals surface area (Å²) in [7, 11) is -2.91. The maximum absolute atomic E-state index is 12.1. The van der Waals surface area contributed by atoms with E-state index >= 15 is 0 Å². The van der Waals surface area contributed by atoms with Crippen molar-refractivity contribution < 1.29 is 17.9 Å². The summed E-state index contributed by atoms with van der Waals surface area (Å²) in [6, 6.07) is 7.12. The van der Waals surface area contributed by atoms with E-state index in [-0.39, 0.29) is 13.4 Å². The molecule has 0 aliphatic carbocycles. The monoisotopic (exact) mass is 272 g/mol. The molecule has 0 bridgehead atoms. The fraction of sp³-hybridized carbons (Fsp3) is 0.273. The van der Waals surface area contributed by atoms with Gasteiger partial charge in [0.05, 0.1) is 4.90 Å². The molecule has 0 amide bonds. The van der Waals surface area contributed by atoms with Gasteiger partial charge in [0.1, 0.15) is 12.9 Å². The quantitative estimate of drug-likeness (QED) is 0.837. The van der Waals surface area contributed by atoms with Crippen LogP contribution in [0.15, 0.2) is 41.2 Å². The van der Waals surface area contributed by atoms with E-state index in [0.717, 1.165) is 5.56 Å². The minimum atomic E-state index is -2.91. The van der Waals surface area contributed by atoms with Crippen LogP contribution in [0.3, 0.4) is 0 Å². The van der Waals surface area contributed by atoms with Crippen LogP contribution in [-0.2, 0) is 33.6 Å². The minimum absolute atomic E-state index is 0.0518. The van der Waals surface area contributed by atoms with Gasteiger partial charge < -0.3 is 9.47 Å². The standard InChI is InChI=1S/C11H12O4S2/c1-9-2-4-11(5-3-9)17(12,16)15-7-10-6-13-8-14-10/h2-6H,7-8H2,1H3. The van der Waals surface area contributed by atoms with Crippen molar-refractivity contribution in [3.63, 3.8) is 0 Å². The molecule has 0 N–H and O–H groups in total. The number of hydrogen-bond acceptors (Lipinski definition) is 5. The molecule has 2 rings (SSSR count). The first-order chi connectivity index (χ1) is 8.08. The second-order valence-corrected chi connectivity index (χ2v) is 6.47. The maximum atomic E-state index is 12.1. The fourth-order valence-corrected chi connectivity index (χ4v) is 2.61. The second-order valence-electron chi connectivity index (χ2n) is 3.54. The Kier molecular flexibility index (Phi) is 3.66. The van der Waals surface area contributed by atoms with E-state index in [1.165, 1.54) is 6.26 Å². The Morgan fingerprint density at radius 1 is 1.41 bits per heavy atom. The molecular formula is C11H12O4S2. The summed E-state index contributed by atoms with van der Waals surface area (Å²) in [4.78, 5) is 0.498. The molecule has 1 aliphatic heterocycles. The van der Waals surface area contributed by atoms with Gasteiger partial charge in [-0.25, -0.2) is 4.21 Å². The van der Waals surface area contributed by atoms with Crippen LogP contribution in [0, 0.1) is 6.92 Å². The van der Waals surface area contributed by atoms with Crippen LogP contribution in [0.2, 0.25) is 0 Å². The number of benzene rings is 1. The molecule has 92 valence electrons. The molecule has 0 aromatic heterocycles. The first kappa shape index (κ1) is 12.3. The lowest BCUT2D eigenvalue weighted by Gasteiger charge is -2.08. The van der Waals surface area contributed by atoms with Crippen molar-refractivity contribution in [2.75, 3.05) is 13.4 Å². The van der Waals surface area contributed by atoms with Gasteiger partial charge >= 0.3 is 0 Å². The van der Waals surface area contributed by atoms with Gasteiger partial charge in [0.25, 0.3) is 0 Å². The van der Waals surface area contributed by atoms with Crippen LogP contribution in [0.4, 0.5) is 0 Å². The molecule has 0 saturated heterocycles. The van der Waals surface area contributed by atoms with Crippen LogP contribution in [0.25, 0.3) is 0 Å². The Hall–Kier alpha value is -1.11. The molecule has 1 aromatic rings. The molecule has 4 nitrogen and oxygen atoms in total. The number of hydrogen-bond donors (Lipinski definition) is 0. The third-order valence-corrected chi connectivity index (χ3v) is 4.34. The van der Waals surface area contributed by atoms with E-state index in [9.17, 15) is 4.21 Å². The lowest BCUT2D eigenvalue weighted by atomic mass is 10.2. The molecule has 0 radical (unpaired) electrons. The van der Waals surface area contributed by atoms with E-state index in [1.807, 2.05) is 19.1 Å². The molecule has 0 saturated carbocycles. The molecule has 0 fully saturated rings. The van der Waals surface area contributed by atoms with Crippen molar-refractivity contribution >= 4 is 20.0 Å². The van der Waals surface area contributed by atoms with E-state index in [4.69, 9.17) is 24.8 Å². The number of ether oxygens (including phenoxy) is 2. The van der Waals surface area contributed by atoms with E-state index in [2.05, 4.69) is 0 Å². The molecule has 1 unspecified atom stereocenters. The van der Waals surface area contributed by atoms with Gasteiger partial charge in [-0.3, -0.25) is 4.18 Å². The molecular weight excluding hydrogens is 260 g/mol. The summed E-state index contributed by atoms with van der Waals surface area (Å²) >= 11 is 4.97. The van der Waals surface area contributed by atoms with Gasteiger partial charge in [0.15, 0.2) is 14.5 Å². The second kappa shape index (κ2) is 5.03. The van der Waals surface area contributed by atoms with Crippen molar-refractivity contribution in [3.8, 4) is 0 Å². The summed E-state index contributed by atoms with van der Waals surface area (Å²) in [5.74, 6) is 0.495. The third-order valence-electron chi connectivity index (χ3n) is 2.19. The van der Waals surface area contributed by atoms with Crippen molar-refractivity contribution in [3.05, 3.63) is 41.9 Å². The highest BCUT2D eigenvalue weighted by Crippen LogP contribution is 2.16. The van der Waals surface area contributed by atoms with Gasteiger partial charge in [-0.05, 0) is 19.1 Å². The highest BCUT2D eigenvalue weighted by molar-refractivity contribution is 8.30. The summed E-state index contributed by atoms with van der Waals surface area (Å²) in [6.45, 7) is 2.17. The van der Waals surface area contributed by atoms with Crippen molar-refractivity contribution in [1.29, 1.82) is 0 Å². The number of aryl methyl sites for hydroxylation is 1. The van der Waals surface area contributed by atoms with E-state index in [0.29, 0.717) is 10.7 Å². The van der Waals surface area contributed by atoms with Crippen LogP contribution in [0.1, 0.15) is 5.56 Å². The summed E-state index contributed by atoms with van der Waals surface area (Å²) in [5.41, 5.74) is 1.08. The Labute approximate surface area is 105 Å². The lowest BCUT2D eigenvalue weighted by Crippen LogP contribution is -2.08. The average Bonchev–Trinajstić information content (AvgIpc) is 2.80. The minimum Gasteiger partial charge on any atom is -0.462 e. The highest BCUT2D eigenvalue weighted by atomic mass is 32.8. The molecule has 17 heavy (non-hydrogen) atoms. The molecule has 1 atom stereocenters. The molecule has 6 heteroatoms. The van der Waals surface area contributed by atoms with Crippen molar-refractivity contribution in [2.24, 2.45) is 0 Å². The molecule has 1 aromatic carbocycles. The Bertz CT molecular complexity index is 517. The molecule has 0 spiro atoms. The van der Waals surface area contributed by atoms with Gasteiger partial charge in [0, 0.05) is 11.2 Å². The Morgan fingerprint density at radius 2 is 2.12 bits per heavy atom. The van der Waals surface area contributed by atoms with Crippen LogP contribution < -0.4 is 0 Å². The first-order valence-electron chi connectivity index (χ1n) is 4.97. The SMILES string of the molecule is Cc1ccc(S(=O)(=S)OCC2=COCO2)cc1. The predicted octanol–water partition coefficient (Wildman–Crippen LogP) is 1.88. The largest absolute Gasteiger partial charge is 0.462 e. The van der Waals surface area contributed by atoms with Gasteiger partial charge in [-0.2, -0.15) is 0 Å². The highest BCUT2D eigenvalue weighted by Gasteiger charge is 2.14.